The van der Waals surface area contributed by atoms with Gasteiger partial charge in [-0.25, -0.2) is 0 Å². The van der Waals surface area contributed by atoms with Crippen molar-refractivity contribution in [2.75, 3.05) is 19.6 Å². The highest BCUT2D eigenvalue weighted by molar-refractivity contribution is 6.30. The molecule has 1 fully saturated rings. The third-order valence-electron chi connectivity index (χ3n) is 3.26. The van der Waals surface area contributed by atoms with Gasteiger partial charge in [-0.15, -0.1) is 0 Å². The lowest BCUT2D eigenvalue weighted by atomic mass is 9.95. The van der Waals surface area contributed by atoms with Crippen LogP contribution in [0.15, 0.2) is 24.3 Å². The predicted molar refractivity (Wildman–Crippen MR) is 67.4 cm³/mol. The number of carboxylic acid groups (broad SMARTS) is 1. The van der Waals surface area contributed by atoms with Crippen molar-refractivity contribution in [3.63, 3.8) is 0 Å². The third kappa shape index (κ3) is 2.99. The number of carboxylic acids is 1. The summed E-state index contributed by atoms with van der Waals surface area (Å²) in [6, 6.07) is 7.85. The number of hydrogen-bond donors (Lipinski definition) is 1. The summed E-state index contributed by atoms with van der Waals surface area (Å²) < 4.78 is 0. The van der Waals surface area contributed by atoms with Crippen molar-refractivity contribution in [2.45, 2.75) is 12.8 Å². The van der Waals surface area contributed by atoms with E-state index in [1.165, 1.54) is 5.56 Å². The summed E-state index contributed by atoms with van der Waals surface area (Å²) in [5.41, 5.74) is 1.20. The minimum Gasteiger partial charge on any atom is -0.481 e. The highest BCUT2D eigenvalue weighted by Crippen LogP contribution is 2.24. The van der Waals surface area contributed by atoms with E-state index >= 15 is 0 Å². The van der Waals surface area contributed by atoms with Crippen LogP contribution >= 0.6 is 11.6 Å². The third-order valence-corrected chi connectivity index (χ3v) is 3.49. The number of carbonyl (C=O) groups is 1. The van der Waals surface area contributed by atoms with Gasteiger partial charge >= 0.3 is 5.97 Å². The quantitative estimate of drug-likeness (QED) is 0.896. The first kappa shape index (κ1) is 12.4. The summed E-state index contributed by atoms with van der Waals surface area (Å²) in [6.07, 6.45) is 0. The largest absolute Gasteiger partial charge is 0.481 e. The van der Waals surface area contributed by atoms with Gasteiger partial charge in [-0.1, -0.05) is 30.7 Å². The lowest BCUT2D eigenvalue weighted by molar-refractivity contribution is -0.147. The van der Waals surface area contributed by atoms with Crippen LogP contribution in [-0.4, -0.2) is 35.6 Å². The molecule has 2 rings (SSSR count). The van der Waals surface area contributed by atoms with Crippen LogP contribution in [0.1, 0.15) is 18.4 Å². The van der Waals surface area contributed by atoms with Gasteiger partial charge in [0.1, 0.15) is 0 Å². The lowest BCUT2D eigenvalue weighted by Gasteiger charge is -2.38. The van der Waals surface area contributed by atoms with Crippen LogP contribution < -0.4 is 0 Å². The first-order valence-corrected chi connectivity index (χ1v) is 6.14. The maximum atomic E-state index is 10.7. The normalized spacial score (nSPS) is 18.7. The van der Waals surface area contributed by atoms with Gasteiger partial charge in [-0.3, -0.25) is 4.79 Å². The molecule has 1 aliphatic rings. The van der Waals surface area contributed by atoms with Crippen molar-refractivity contribution < 1.29 is 9.90 Å². The van der Waals surface area contributed by atoms with Gasteiger partial charge in [0.05, 0.1) is 5.92 Å². The van der Waals surface area contributed by atoms with E-state index in [0.29, 0.717) is 19.0 Å². The standard InChI is InChI=1S/C13H16ClNO2/c1-9(10-3-2-4-12(14)5-10)6-15-7-11(8-15)13(16)17/h2-5,9,11H,6-8H2,1H3,(H,16,17). The molecular formula is C13H16ClNO2. The van der Waals surface area contributed by atoms with E-state index in [-0.39, 0.29) is 5.92 Å². The Labute approximate surface area is 106 Å². The SMILES string of the molecule is CC(CN1CC(C(=O)O)C1)c1cccc(Cl)c1. The Bertz CT molecular complexity index is 416. The Morgan fingerprint density at radius 1 is 1.59 bits per heavy atom. The number of nitrogens with zero attached hydrogens (tertiary/aromatic N) is 1. The van der Waals surface area contributed by atoms with E-state index in [2.05, 4.69) is 17.9 Å². The van der Waals surface area contributed by atoms with Crippen LogP contribution in [-0.2, 0) is 4.79 Å². The Kier molecular flexibility index (Phi) is 3.69. The number of likely N-dealkylation sites (tertiary alicyclic amines) is 1. The number of benzene rings is 1. The molecule has 1 N–H and O–H groups in total. The minimum absolute atomic E-state index is 0.179. The highest BCUT2D eigenvalue weighted by atomic mass is 35.5. The van der Waals surface area contributed by atoms with Crippen LogP contribution in [0.25, 0.3) is 0 Å². The van der Waals surface area contributed by atoms with E-state index in [0.717, 1.165) is 11.6 Å². The maximum Gasteiger partial charge on any atom is 0.309 e. The monoisotopic (exact) mass is 253 g/mol. The van der Waals surface area contributed by atoms with Gasteiger partial charge in [0.25, 0.3) is 0 Å². The van der Waals surface area contributed by atoms with E-state index < -0.39 is 5.97 Å². The minimum atomic E-state index is -0.684. The number of halogens is 1. The number of rotatable bonds is 4. The van der Waals surface area contributed by atoms with Gasteiger partial charge in [0.15, 0.2) is 0 Å². The van der Waals surface area contributed by atoms with E-state index in [9.17, 15) is 4.79 Å². The second-order valence-corrected chi connectivity index (χ2v) is 5.15. The summed E-state index contributed by atoms with van der Waals surface area (Å²) in [5.74, 6) is -0.485. The molecule has 0 aliphatic carbocycles. The van der Waals surface area contributed by atoms with Crippen molar-refractivity contribution >= 4 is 17.6 Å². The predicted octanol–water partition coefficient (Wildman–Crippen LogP) is 2.46. The smallest absolute Gasteiger partial charge is 0.309 e. The molecular weight excluding hydrogens is 238 g/mol. The van der Waals surface area contributed by atoms with Crippen molar-refractivity contribution in [1.82, 2.24) is 4.90 Å². The molecule has 1 aromatic rings. The molecule has 0 saturated carbocycles. The molecule has 1 heterocycles. The fourth-order valence-electron chi connectivity index (χ4n) is 2.18. The molecule has 1 saturated heterocycles. The van der Waals surface area contributed by atoms with Crippen molar-refractivity contribution in [1.29, 1.82) is 0 Å². The molecule has 1 unspecified atom stereocenters. The fourth-order valence-corrected chi connectivity index (χ4v) is 2.38. The van der Waals surface area contributed by atoms with Gasteiger partial charge in [0, 0.05) is 24.7 Å². The summed E-state index contributed by atoms with van der Waals surface area (Å²) in [5, 5.41) is 9.55. The Hall–Kier alpha value is -1.06. The van der Waals surface area contributed by atoms with Gasteiger partial charge in [-0.05, 0) is 23.6 Å². The van der Waals surface area contributed by atoms with Crippen LogP contribution in [0, 0.1) is 5.92 Å². The Morgan fingerprint density at radius 3 is 2.88 bits per heavy atom. The first-order chi connectivity index (χ1) is 8.06. The second-order valence-electron chi connectivity index (χ2n) is 4.71. The zero-order valence-electron chi connectivity index (χ0n) is 9.77. The molecule has 3 nitrogen and oxygen atoms in total. The molecule has 0 aromatic heterocycles. The lowest BCUT2D eigenvalue weighted by Crippen LogP contribution is -2.51. The van der Waals surface area contributed by atoms with Crippen LogP contribution in [0.4, 0.5) is 0 Å². The second kappa shape index (κ2) is 5.07. The number of aliphatic carboxylic acids is 1. The molecule has 17 heavy (non-hydrogen) atoms. The van der Waals surface area contributed by atoms with Crippen molar-refractivity contribution in [3.8, 4) is 0 Å². The highest BCUT2D eigenvalue weighted by Gasteiger charge is 2.32. The van der Waals surface area contributed by atoms with Gasteiger partial charge < -0.3 is 10.0 Å². The van der Waals surface area contributed by atoms with Crippen molar-refractivity contribution in [2.24, 2.45) is 5.92 Å². The Balaban J connectivity index is 1.86. The summed E-state index contributed by atoms with van der Waals surface area (Å²) in [4.78, 5) is 12.9. The zero-order chi connectivity index (χ0) is 12.4. The van der Waals surface area contributed by atoms with Crippen LogP contribution in [0.5, 0.6) is 0 Å². The molecule has 0 radical (unpaired) electrons. The van der Waals surface area contributed by atoms with E-state index in [1.807, 2.05) is 18.2 Å². The van der Waals surface area contributed by atoms with Gasteiger partial charge in [-0.2, -0.15) is 0 Å². The summed E-state index contributed by atoms with van der Waals surface area (Å²) >= 11 is 5.95. The first-order valence-electron chi connectivity index (χ1n) is 5.77. The molecule has 92 valence electrons. The average Bonchev–Trinajstić information content (AvgIpc) is 2.21. The van der Waals surface area contributed by atoms with Gasteiger partial charge in [0.2, 0.25) is 0 Å². The Morgan fingerprint density at radius 2 is 2.29 bits per heavy atom. The van der Waals surface area contributed by atoms with Crippen LogP contribution in [0.2, 0.25) is 5.02 Å². The number of hydrogen-bond acceptors (Lipinski definition) is 2. The molecule has 0 spiro atoms. The summed E-state index contributed by atoms with van der Waals surface area (Å²) in [6.45, 7) is 4.37. The average molecular weight is 254 g/mol. The summed E-state index contributed by atoms with van der Waals surface area (Å²) in [7, 11) is 0. The van der Waals surface area contributed by atoms with Crippen molar-refractivity contribution in [3.05, 3.63) is 34.9 Å². The fraction of sp³-hybridized carbons (Fsp3) is 0.462. The van der Waals surface area contributed by atoms with Crippen LogP contribution in [0.3, 0.4) is 0 Å². The van der Waals surface area contributed by atoms with E-state index in [4.69, 9.17) is 16.7 Å². The topological polar surface area (TPSA) is 40.5 Å². The maximum absolute atomic E-state index is 10.7. The molecule has 0 bridgehead atoms. The molecule has 4 heteroatoms. The molecule has 1 aromatic carbocycles. The molecule has 1 atom stereocenters. The molecule has 0 amide bonds. The van der Waals surface area contributed by atoms with E-state index in [1.54, 1.807) is 0 Å². The zero-order valence-corrected chi connectivity index (χ0v) is 10.5. The molecule has 1 aliphatic heterocycles.